The van der Waals surface area contributed by atoms with Crippen molar-refractivity contribution in [2.24, 2.45) is 0 Å². The van der Waals surface area contributed by atoms with Crippen molar-refractivity contribution < 1.29 is 14.3 Å². The number of hydrogen-bond acceptors (Lipinski definition) is 4. The van der Waals surface area contributed by atoms with Gasteiger partial charge in [0.25, 0.3) is 0 Å². The zero-order chi connectivity index (χ0) is 14.4. The first kappa shape index (κ1) is 14.0. The number of hydrogen-bond donors (Lipinski definition) is 1. The molecule has 0 aliphatic carbocycles. The van der Waals surface area contributed by atoms with E-state index in [1.54, 1.807) is 6.92 Å². The van der Waals surface area contributed by atoms with Crippen LogP contribution < -0.4 is 5.32 Å². The van der Waals surface area contributed by atoms with Crippen LogP contribution in [0.15, 0.2) is 36.4 Å². The van der Waals surface area contributed by atoms with Crippen LogP contribution in [0.25, 0.3) is 10.9 Å². The van der Waals surface area contributed by atoms with Gasteiger partial charge in [0.1, 0.15) is 6.42 Å². The molecule has 0 saturated carbocycles. The molecule has 0 bridgehead atoms. The zero-order valence-electron chi connectivity index (χ0n) is 11.3. The molecule has 5 heteroatoms. The third kappa shape index (κ3) is 3.78. The molecule has 0 unspecified atom stereocenters. The third-order valence-corrected chi connectivity index (χ3v) is 2.73. The van der Waals surface area contributed by atoms with Gasteiger partial charge in [0.15, 0.2) is 0 Å². The molecule has 0 radical (unpaired) electrons. The molecule has 1 N–H and O–H groups in total. The van der Waals surface area contributed by atoms with Gasteiger partial charge in [0, 0.05) is 5.39 Å². The number of carbonyl (C=O) groups excluding carboxylic acids is 2. The van der Waals surface area contributed by atoms with Gasteiger partial charge >= 0.3 is 5.97 Å². The van der Waals surface area contributed by atoms with Crippen molar-refractivity contribution in [2.75, 3.05) is 6.61 Å². The number of pyridine rings is 1. The molecule has 0 atom stereocenters. The van der Waals surface area contributed by atoms with E-state index in [1.165, 1.54) is 0 Å². The summed E-state index contributed by atoms with van der Waals surface area (Å²) in [7, 11) is 0. The first-order chi connectivity index (χ1) is 9.69. The third-order valence-electron chi connectivity index (χ3n) is 2.73. The monoisotopic (exact) mass is 272 g/mol. The average molecular weight is 272 g/mol. The van der Waals surface area contributed by atoms with Crippen LogP contribution in [0, 0.1) is 0 Å². The highest BCUT2D eigenvalue weighted by atomic mass is 16.5. The maximum Gasteiger partial charge on any atom is 0.315 e. The van der Waals surface area contributed by atoms with Gasteiger partial charge in [-0.3, -0.25) is 14.6 Å². The van der Waals surface area contributed by atoms with Gasteiger partial charge in [-0.2, -0.15) is 0 Å². The van der Waals surface area contributed by atoms with Crippen molar-refractivity contribution in [1.29, 1.82) is 0 Å². The molecule has 1 aromatic carbocycles. The summed E-state index contributed by atoms with van der Waals surface area (Å²) in [4.78, 5) is 27.1. The Morgan fingerprint density at radius 3 is 2.80 bits per heavy atom. The lowest BCUT2D eigenvalue weighted by Gasteiger charge is -2.06. The van der Waals surface area contributed by atoms with Crippen LogP contribution in [0.1, 0.15) is 19.0 Å². The summed E-state index contributed by atoms with van der Waals surface area (Å²) >= 11 is 0. The van der Waals surface area contributed by atoms with Gasteiger partial charge in [-0.1, -0.05) is 24.3 Å². The van der Waals surface area contributed by atoms with Gasteiger partial charge in [-0.25, -0.2) is 0 Å². The molecule has 5 nitrogen and oxygen atoms in total. The molecule has 0 fully saturated rings. The maximum atomic E-state index is 11.5. The van der Waals surface area contributed by atoms with Crippen LogP contribution in [0.4, 0.5) is 0 Å². The standard InChI is InChI=1S/C15H16N2O3/c1-2-20-15(19)9-14(18)16-10-12-8-7-11-5-3-4-6-13(11)17-12/h3-8H,2,9-10H2,1H3,(H,16,18). The van der Waals surface area contributed by atoms with E-state index in [-0.39, 0.29) is 18.9 Å². The Kier molecular flexibility index (Phi) is 4.65. The number of fused-ring (bicyclic) bond motifs is 1. The molecule has 1 amide bonds. The number of benzene rings is 1. The lowest BCUT2D eigenvalue weighted by molar-refractivity contribution is -0.146. The predicted octanol–water partition coefficient (Wildman–Crippen LogP) is 1.80. The second kappa shape index (κ2) is 6.65. The number of nitrogens with zero attached hydrogens (tertiary/aromatic N) is 1. The van der Waals surface area contributed by atoms with Gasteiger partial charge in [-0.15, -0.1) is 0 Å². The summed E-state index contributed by atoms with van der Waals surface area (Å²) in [6, 6.07) is 11.6. The zero-order valence-corrected chi connectivity index (χ0v) is 11.3. The van der Waals surface area contributed by atoms with Crippen molar-refractivity contribution in [3.8, 4) is 0 Å². The minimum atomic E-state index is -0.517. The van der Waals surface area contributed by atoms with Crippen LogP contribution in [0.2, 0.25) is 0 Å². The highest BCUT2D eigenvalue weighted by molar-refractivity contribution is 5.94. The number of amides is 1. The van der Waals surface area contributed by atoms with Crippen LogP contribution in [-0.4, -0.2) is 23.5 Å². The largest absolute Gasteiger partial charge is 0.466 e. The van der Waals surface area contributed by atoms with Crippen molar-refractivity contribution in [1.82, 2.24) is 10.3 Å². The van der Waals surface area contributed by atoms with E-state index in [9.17, 15) is 9.59 Å². The number of nitrogens with one attached hydrogen (secondary N) is 1. The average Bonchev–Trinajstić information content (AvgIpc) is 2.45. The molecular weight excluding hydrogens is 256 g/mol. The minimum Gasteiger partial charge on any atom is -0.466 e. The topological polar surface area (TPSA) is 68.3 Å². The highest BCUT2D eigenvalue weighted by Gasteiger charge is 2.09. The first-order valence-electron chi connectivity index (χ1n) is 6.46. The Hall–Kier alpha value is -2.43. The summed E-state index contributed by atoms with van der Waals surface area (Å²) < 4.78 is 4.71. The van der Waals surface area contributed by atoms with Gasteiger partial charge in [0.05, 0.1) is 24.4 Å². The molecule has 2 rings (SSSR count). The summed E-state index contributed by atoms with van der Waals surface area (Å²) in [5, 5.41) is 3.70. The molecule has 0 saturated heterocycles. The number of rotatable bonds is 5. The highest BCUT2D eigenvalue weighted by Crippen LogP contribution is 2.11. The van der Waals surface area contributed by atoms with Gasteiger partial charge in [-0.05, 0) is 19.1 Å². The van der Waals surface area contributed by atoms with E-state index in [1.807, 2.05) is 36.4 Å². The van der Waals surface area contributed by atoms with Crippen LogP contribution >= 0.6 is 0 Å². The maximum absolute atomic E-state index is 11.5. The molecule has 1 heterocycles. The Bertz CT molecular complexity index is 625. The minimum absolute atomic E-state index is 0.262. The predicted molar refractivity (Wildman–Crippen MR) is 74.8 cm³/mol. The Morgan fingerprint density at radius 1 is 1.20 bits per heavy atom. The summed E-state index contributed by atoms with van der Waals surface area (Å²) in [6.45, 7) is 2.27. The summed E-state index contributed by atoms with van der Waals surface area (Å²) in [5.74, 6) is -0.880. The lowest BCUT2D eigenvalue weighted by atomic mass is 10.2. The van der Waals surface area contributed by atoms with E-state index in [2.05, 4.69) is 10.3 Å². The van der Waals surface area contributed by atoms with Crippen molar-refractivity contribution in [3.63, 3.8) is 0 Å². The van der Waals surface area contributed by atoms with Crippen LogP contribution in [0.5, 0.6) is 0 Å². The van der Waals surface area contributed by atoms with Crippen LogP contribution in [0.3, 0.4) is 0 Å². The number of carbonyl (C=O) groups is 2. The van der Waals surface area contributed by atoms with Crippen molar-refractivity contribution in [3.05, 3.63) is 42.1 Å². The summed E-state index contributed by atoms with van der Waals surface area (Å²) in [6.07, 6.45) is -0.262. The molecule has 104 valence electrons. The fraction of sp³-hybridized carbons (Fsp3) is 0.267. The fourth-order valence-electron chi connectivity index (χ4n) is 1.80. The number of esters is 1. The fourth-order valence-corrected chi connectivity index (χ4v) is 1.80. The van der Waals surface area contributed by atoms with Crippen LogP contribution in [-0.2, 0) is 20.9 Å². The molecule has 0 spiro atoms. The SMILES string of the molecule is CCOC(=O)CC(=O)NCc1ccc2ccccc2n1. The van der Waals surface area contributed by atoms with Crippen molar-refractivity contribution >= 4 is 22.8 Å². The number of aromatic nitrogens is 1. The Morgan fingerprint density at radius 2 is 2.00 bits per heavy atom. The van der Waals surface area contributed by atoms with E-state index in [0.29, 0.717) is 6.54 Å². The Labute approximate surface area is 117 Å². The smallest absolute Gasteiger partial charge is 0.315 e. The normalized spacial score (nSPS) is 10.2. The number of para-hydroxylation sites is 1. The van der Waals surface area contributed by atoms with E-state index < -0.39 is 5.97 Å². The molecule has 0 aliphatic heterocycles. The molecule has 1 aromatic heterocycles. The molecule has 0 aliphatic rings. The number of ether oxygens (including phenoxy) is 1. The van der Waals surface area contributed by atoms with Gasteiger partial charge in [0.2, 0.25) is 5.91 Å². The first-order valence-corrected chi connectivity index (χ1v) is 6.46. The Balaban J connectivity index is 1.92. The lowest BCUT2D eigenvalue weighted by Crippen LogP contribution is -2.26. The second-order valence-electron chi connectivity index (χ2n) is 4.25. The van der Waals surface area contributed by atoms with E-state index >= 15 is 0 Å². The van der Waals surface area contributed by atoms with E-state index in [0.717, 1.165) is 16.6 Å². The second-order valence-corrected chi connectivity index (χ2v) is 4.25. The summed E-state index contributed by atoms with van der Waals surface area (Å²) in [5.41, 5.74) is 1.63. The van der Waals surface area contributed by atoms with Gasteiger partial charge < -0.3 is 10.1 Å². The molecule has 2 aromatic rings. The quantitative estimate of drug-likeness (QED) is 0.665. The van der Waals surface area contributed by atoms with E-state index in [4.69, 9.17) is 4.74 Å². The molecule has 20 heavy (non-hydrogen) atoms. The van der Waals surface area contributed by atoms with Crippen molar-refractivity contribution in [2.45, 2.75) is 19.9 Å². The molecular formula is C15H16N2O3.